The molecule has 2 aliphatic rings. The Labute approximate surface area is 140 Å². The third kappa shape index (κ3) is 2.82. The number of hydrogen-bond donors (Lipinski definition) is 1. The molecule has 1 amide bonds. The van der Waals surface area contributed by atoms with Crippen LogP contribution in [-0.4, -0.2) is 69.9 Å². The number of anilines is 1. The van der Waals surface area contributed by atoms with Gasteiger partial charge in [0.25, 0.3) is 0 Å². The molecule has 0 radical (unpaired) electrons. The number of piperidine rings is 1. The highest BCUT2D eigenvalue weighted by molar-refractivity contribution is 5.76. The second-order valence-corrected chi connectivity index (χ2v) is 6.92. The largest absolute Gasteiger partial charge is 0.356 e. The third-order valence-corrected chi connectivity index (χ3v) is 5.13. The lowest BCUT2D eigenvalue weighted by atomic mass is 9.97. The average molecular weight is 329 g/mol. The van der Waals surface area contributed by atoms with Gasteiger partial charge in [-0.1, -0.05) is 0 Å². The number of rotatable bonds is 4. The van der Waals surface area contributed by atoms with Crippen LogP contribution in [0.25, 0.3) is 5.65 Å². The van der Waals surface area contributed by atoms with Gasteiger partial charge in [0.1, 0.15) is 5.82 Å². The maximum absolute atomic E-state index is 11.2. The molecule has 4 rings (SSSR count). The monoisotopic (exact) mass is 329 g/mol. The van der Waals surface area contributed by atoms with Gasteiger partial charge < -0.3 is 10.2 Å². The van der Waals surface area contributed by atoms with Gasteiger partial charge in [0.05, 0.1) is 0 Å². The van der Waals surface area contributed by atoms with E-state index in [0.29, 0.717) is 18.4 Å². The Morgan fingerprint density at radius 2 is 2.17 bits per heavy atom. The Morgan fingerprint density at radius 1 is 1.33 bits per heavy atom. The number of nitrogens with one attached hydrogen (secondary N) is 1. The molecule has 1 atom stereocenters. The van der Waals surface area contributed by atoms with Crippen LogP contribution in [0.3, 0.4) is 0 Å². The summed E-state index contributed by atoms with van der Waals surface area (Å²) in [6.07, 6.45) is 1.66. The number of nitrogens with zero attached hydrogens (tertiary/aromatic N) is 6. The summed E-state index contributed by atoms with van der Waals surface area (Å²) in [4.78, 5) is 15.9. The van der Waals surface area contributed by atoms with E-state index in [-0.39, 0.29) is 5.91 Å². The standard InChI is InChI=1S/C16H23N7O/c1-11-18-19-14-4-5-15(20-23(11)14)22-9-13(10-22)21(2)8-12-3-6-16(24)17-7-12/h4-5,12-13H,3,6-10H2,1-2H3,(H,17,24). The summed E-state index contributed by atoms with van der Waals surface area (Å²) in [5.74, 6) is 2.53. The number of likely N-dealkylation sites (N-methyl/N-ethyl adjacent to an activating group) is 1. The number of fused-ring (bicyclic) bond motifs is 1. The van der Waals surface area contributed by atoms with Gasteiger partial charge in [-0.2, -0.15) is 4.52 Å². The highest BCUT2D eigenvalue weighted by atomic mass is 16.1. The lowest BCUT2D eigenvalue weighted by molar-refractivity contribution is -0.123. The fourth-order valence-electron chi connectivity index (χ4n) is 3.47. The third-order valence-electron chi connectivity index (χ3n) is 5.13. The van der Waals surface area contributed by atoms with Crippen LogP contribution in [0.15, 0.2) is 12.1 Å². The first-order valence-electron chi connectivity index (χ1n) is 8.51. The Bertz CT molecular complexity index is 742. The molecule has 128 valence electrons. The van der Waals surface area contributed by atoms with Crippen molar-refractivity contribution in [2.24, 2.45) is 5.92 Å². The first-order chi connectivity index (χ1) is 11.6. The van der Waals surface area contributed by atoms with Crippen LogP contribution in [0, 0.1) is 12.8 Å². The van der Waals surface area contributed by atoms with Gasteiger partial charge in [-0.25, -0.2) is 0 Å². The van der Waals surface area contributed by atoms with Crippen molar-refractivity contribution in [3.63, 3.8) is 0 Å². The summed E-state index contributed by atoms with van der Waals surface area (Å²) in [5.41, 5.74) is 0.782. The summed E-state index contributed by atoms with van der Waals surface area (Å²) < 4.78 is 1.79. The van der Waals surface area contributed by atoms with Gasteiger partial charge in [-0.15, -0.1) is 15.3 Å². The number of aromatic nitrogens is 4. The summed E-state index contributed by atoms with van der Waals surface area (Å²) >= 11 is 0. The molecule has 4 heterocycles. The van der Waals surface area contributed by atoms with E-state index >= 15 is 0 Å². The molecule has 2 saturated heterocycles. The molecule has 2 aromatic rings. The van der Waals surface area contributed by atoms with E-state index < -0.39 is 0 Å². The van der Waals surface area contributed by atoms with Gasteiger partial charge in [-0.05, 0) is 38.4 Å². The fourth-order valence-corrected chi connectivity index (χ4v) is 3.47. The zero-order valence-electron chi connectivity index (χ0n) is 14.1. The van der Waals surface area contributed by atoms with E-state index in [4.69, 9.17) is 0 Å². The van der Waals surface area contributed by atoms with Crippen molar-refractivity contribution in [3.8, 4) is 0 Å². The Morgan fingerprint density at radius 3 is 2.92 bits per heavy atom. The van der Waals surface area contributed by atoms with Crippen LogP contribution in [0.4, 0.5) is 5.82 Å². The quantitative estimate of drug-likeness (QED) is 0.856. The summed E-state index contributed by atoms with van der Waals surface area (Å²) in [6.45, 7) is 5.72. The van der Waals surface area contributed by atoms with Gasteiger partial charge in [-0.3, -0.25) is 9.69 Å². The smallest absolute Gasteiger partial charge is 0.220 e. The Hall–Kier alpha value is -2.22. The molecule has 0 bridgehead atoms. The summed E-state index contributed by atoms with van der Waals surface area (Å²) in [6, 6.07) is 4.52. The van der Waals surface area contributed by atoms with Crippen LogP contribution < -0.4 is 10.2 Å². The Balaban J connectivity index is 1.33. The number of carbonyl (C=O) groups is 1. The van der Waals surface area contributed by atoms with Crippen molar-refractivity contribution < 1.29 is 4.79 Å². The van der Waals surface area contributed by atoms with Crippen molar-refractivity contribution >= 4 is 17.4 Å². The highest BCUT2D eigenvalue weighted by Gasteiger charge is 2.32. The van der Waals surface area contributed by atoms with E-state index in [2.05, 4.69) is 37.5 Å². The molecular weight excluding hydrogens is 306 g/mol. The van der Waals surface area contributed by atoms with Crippen LogP contribution in [0.5, 0.6) is 0 Å². The molecule has 1 unspecified atom stereocenters. The summed E-state index contributed by atoms with van der Waals surface area (Å²) in [7, 11) is 2.18. The number of carbonyl (C=O) groups excluding carboxylic acids is 1. The molecular formula is C16H23N7O. The predicted molar refractivity (Wildman–Crippen MR) is 89.9 cm³/mol. The fraction of sp³-hybridized carbons (Fsp3) is 0.625. The van der Waals surface area contributed by atoms with Crippen LogP contribution in [-0.2, 0) is 4.79 Å². The minimum atomic E-state index is 0.189. The van der Waals surface area contributed by atoms with Crippen molar-refractivity contribution in [2.45, 2.75) is 25.8 Å². The molecule has 8 heteroatoms. The van der Waals surface area contributed by atoms with Crippen molar-refractivity contribution in [3.05, 3.63) is 18.0 Å². The first-order valence-corrected chi connectivity index (χ1v) is 8.51. The van der Waals surface area contributed by atoms with Gasteiger partial charge in [0.15, 0.2) is 11.5 Å². The summed E-state index contributed by atoms with van der Waals surface area (Å²) in [5, 5.41) is 15.7. The van der Waals surface area contributed by atoms with Gasteiger partial charge in [0.2, 0.25) is 5.91 Å². The molecule has 24 heavy (non-hydrogen) atoms. The maximum atomic E-state index is 11.2. The topological polar surface area (TPSA) is 78.7 Å². The molecule has 1 N–H and O–H groups in total. The molecule has 0 aromatic carbocycles. The average Bonchev–Trinajstić information content (AvgIpc) is 2.89. The van der Waals surface area contributed by atoms with Crippen LogP contribution in [0.1, 0.15) is 18.7 Å². The van der Waals surface area contributed by atoms with Crippen LogP contribution >= 0.6 is 0 Å². The molecule has 0 spiro atoms. The van der Waals surface area contributed by atoms with Gasteiger partial charge in [0, 0.05) is 38.6 Å². The molecule has 0 aliphatic carbocycles. The maximum Gasteiger partial charge on any atom is 0.220 e. The van der Waals surface area contributed by atoms with Crippen molar-refractivity contribution in [1.29, 1.82) is 0 Å². The van der Waals surface area contributed by atoms with Gasteiger partial charge >= 0.3 is 0 Å². The molecule has 2 aliphatic heterocycles. The Kier molecular flexibility index (Phi) is 3.84. The predicted octanol–water partition coefficient (Wildman–Crippen LogP) is 0.0793. The molecule has 2 fully saturated rings. The minimum Gasteiger partial charge on any atom is -0.356 e. The van der Waals surface area contributed by atoms with E-state index in [1.807, 2.05) is 19.1 Å². The SMILES string of the molecule is Cc1nnc2ccc(N3CC(N(C)CC4CCC(=O)NC4)C3)nn12. The molecule has 2 aromatic heterocycles. The number of hydrogen-bond acceptors (Lipinski definition) is 6. The van der Waals surface area contributed by atoms with E-state index in [0.717, 1.165) is 49.9 Å². The molecule has 0 saturated carbocycles. The highest BCUT2D eigenvalue weighted by Crippen LogP contribution is 2.23. The second-order valence-electron chi connectivity index (χ2n) is 6.92. The van der Waals surface area contributed by atoms with Crippen molar-refractivity contribution in [2.75, 3.05) is 38.1 Å². The zero-order valence-corrected chi connectivity index (χ0v) is 14.1. The molecule has 8 nitrogen and oxygen atoms in total. The second kappa shape index (κ2) is 6.01. The van der Waals surface area contributed by atoms with E-state index in [1.165, 1.54) is 0 Å². The lowest BCUT2D eigenvalue weighted by Crippen LogP contribution is -2.60. The zero-order chi connectivity index (χ0) is 16.7. The first kappa shape index (κ1) is 15.3. The lowest BCUT2D eigenvalue weighted by Gasteiger charge is -2.45. The normalized spacial score (nSPS) is 22.0. The van der Waals surface area contributed by atoms with Crippen molar-refractivity contribution in [1.82, 2.24) is 30.0 Å². The van der Waals surface area contributed by atoms with E-state index in [9.17, 15) is 4.79 Å². The minimum absolute atomic E-state index is 0.189. The number of amides is 1. The van der Waals surface area contributed by atoms with E-state index in [1.54, 1.807) is 4.52 Å². The number of aryl methyl sites for hydroxylation is 1. The van der Waals surface area contributed by atoms with Crippen LogP contribution in [0.2, 0.25) is 0 Å².